The molecule has 2 aliphatic heterocycles. The zero-order valence-electron chi connectivity index (χ0n) is 15.0. The second-order valence-corrected chi connectivity index (χ2v) is 7.16. The smallest absolute Gasteiger partial charge is 0.310 e. The van der Waals surface area contributed by atoms with Crippen LogP contribution in [0.5, 0.6) is 0 Å². The van der Waals surface area contributed by atoms with E-state index in [-0.39, 0.29) is 30.1 Å². The third-order valence-electron chi connectivity index (χ3n) is 5.12. The first-order valence-corrected chi connectivity index (χ1v) is 9.34. The summed E-state index contributed by atoms with van der Waals surface area (Å²) >= 11 is 6.15. The molecule has 0 unspecified atom stereocenters. The molecule has 0 saturated carbocycles. The summed E-state index contributed by atoms with van der Waals surface area (Å²) < 4.78 is 5.12. The van der Waals surface area contributed by atoms with Crippen molar-refractivity contribution in [2.24, 2.45) is 5.92 Å². The van der Waals surface area contributed by atoms with Crippen molar-refractivity contribution < 1.29 is 19.1 Å². The number of benzene rings is 1. The summed E-state index contributed by atoms with van der Waals surface area (Å²) in [7, 11) is 0. The summed E-state index contributed by atoms with van der Waals surface area (Å²) in [6.07, 6.45) is 1.68. The highest BCUT2D eigenvalue weighted by molar-refractivity contribution is 6.32. The predicted molar refractivity (Wildman–Crippen MR) is 98.0 cm³/mol. The van der Waals surface area contributed by atoms with E-state index < -0.39 is 6.04 Å². The number of rotatable bonds is 4. The maximum absolute atomic E-state index is 13.0. The zero-order chi connectivity index (χ0) is 18.8. The maximum Gasteiger partial charge on any atom is 0.310 e. The number of esters is 1. The van der Waals surface area contributed by atoms with Crippen molar-refractivity contribution in [3.8, 4) is 0 Å². The summed E-state index contributed by atoms with van der Waals surface area (Å²) in [6.45, 7) is 5.07. The van der Waals surface area contributed by atoms with E-state index in [9.17, 15) is 14.4 Å². The molecule has 2 heterocycles. The molecule has 26 heavy (non-hydrogen) atoms. The summed E-state index contributed by atoms with van der Waals surface area (Å²) in [6, 6.07) is 4.67. The Morgan fingerprint density at radius 3 is 2.85 bits per heavy atom. The van der Waals surface area contributed by atoms with Crippen LogP contribution in [-0.2, 0) is 19.1 Å². The van der Waals surface area contributed by atoms with Gasteiger partial charge in [0.25, 0.3) is 5.91 Å². The molecule has 2 amide bonds. The molecule has 0 N–H and O–H groups in total. The zero-order valence-corrected chi connectivity index (χ0v) is 15.8. The Balaban J connectivity index is 1.78. The number of amides is 2. The van der Waals surface area contributed by atoms with E-state index >= 15 is 0 Å². The fraction of sp³-hybridized carbons (Fsp3) is 0.526. The van der Waals surface area contributed by atoms with Crippen molar-refractivity contribution in [1.82, 2.24) is 4.90 Å². The molecule has 6 nitrogen and oxygen atoms in total. The van der Waals surface area contributed by atoms with Gasteiger partial charge in [-0.2, -0.15) is 0 Å². The fourth-order valence-corrected chi connectivity index (χ4v) is 3.90. The Hall–Kier alpha value is -1.92. The molecular formula is C19H23ClN2O4. The molecule has 3 rings (SSSR count). The first kappa shape index (κ1) is 18.9. The highest BCUT2D eigenvalue weighted by atomic mass is 35.5. The average Bonchev–Trinajstić information content (AvgIpc) is 2.92. The minimum atomic E-state index is -0.530. The third-order valence-corrected chi connectivity index (χ3v) is 5.53. The van der Waals surface area contributed by atoms with E-state index in [2.05, 4.69) is 0 Å². The molecule has 7 heteroatoms. The number of piperidine rings is 1. The van der Waals surface area contributed by atoms with Gasteiger partial charge in [0.1, 0.15) is 0 Å². The van der Waals surface area contributed by atoms with Crippen LogP contribution in [0.15, 0.2) is 18.2 Å². The van der Waals surface area contributed by atoms with Gasteiger partial charge in [0.2, 0.25) is 5.91 Å². The molecule has 2 fully saturated rings. The largest absolute Gasteiger partial charge is 0.466 e. The van der Waals surface area contributed by atoms with Gasteiger partial charge in [-0.1, -0.05) is 17.7 Å². The molecule has 0 aliphatic carbocycles. The molecule has 2 aliphatic rings. The maximum atomic E-state index is 13.0. The lowest BCUT2D eigenvalue weighted by Crippen LogP contribution is -2.48. The van der Waals surface area contributed by atoms with Crippen molar-refractivity contribution >= 4 is 35.1 Å². The number of ether oxygens (including phenoxy) is 1. The van der Waals surface area contributed by atoms with Crippen LogP contribution in [0.4, 0.5) is 5.69 Å². The van der Waals surface area contributed by atoms with Crippen LogP contribution >= 0.6 is 11.6 Å². The molecule has 2 atom stereocenters. The van der Waals surface area contributed by atoms with Gasteiger partial charge in [-0.05, 0) is 50.9 Å². The van der Waals surface area contributed by atoms with E-state index in [1.165, 1.54) is 4.90 Å². The molecular weight excluding hydrogens is 356 g/mol. The van der Waals surface area contributed by atoms with E-state index in [0.717, 1.165) is 12.8 Å². The number of carbonyl (C=O) groups is 3. The van der Waals surface area contributed by atoms with E-state index in [0.29, 0.717) is 36.0 Å². The minimum absolute atomic E-state index is 0.125. The van der Waals surface area contributed by atoms with Crippen molar-refractivity contribution in [3.05, 3.63) is 28.8 Å². The fourth-order valence-electron chi connectivity index (χ4n) is 3.73. The number of likely N-dealkylation sites (tertiary alicyclic amines) is 1. The van der Waals surface area contributed by atoms with Crippen LogP contribution in [0, 0.1) is 12.8 Å². The van der Waals surface area contributed by atoms with Crippen LogP contribution in [0.2, 0.25) is 5.02 Å². The lowest BCUT2D eigenvalue weighted by molar-refractivity contribution is -0.150. The van der Waals surface area contributed by atoms with Crippen LogP contribution in [0.25, 0.3) is 0 Å². The number of carbonyl (C=O) groups excluding carboxylic acids is 3. The van der Waals surface area contributed by atoms with Gasteiger partial charge >= 0.3 is 5.97 Å². The van der Waals surface area contributed by atoms with Crippen LogP contribution in [0.1, 0.15) is 31.7 Å². The summed E-state index contributed by atoms with van der Waals surface area (Å²) in [5, 5.41) is 0.520. The molecule has 1 aromatic carbocycles. The minimum Gasteiger partial charge on any atom is -0.466 e. The average molecular weight is 379 g/mol. The van der Waals surface area contributed by atoms with Gasteiger partial charge in [0, 0.05) is 11.6 Å². The SMILES string of the molecule is CCOC(=O)[C@H]1CCCN([C@@H]2CC(=O)N(c3cccc(Cl)c3C)C2=O)C1. The van der Waals surface area contributed by atoms with Crippen LogP contribution < -0.4 is 4.90 Å². The van der Waals surface area contributed by atoms with Crippen LogP contribution in [-0.4, -0.2) is 48.4 Å². The molecule has 0 bridgehead atoms. The quantitative estimate of drug-likeness (QED) is 0.595. The van der Waals surface area contributed by atoms with Gasteiger partial charge in [-0.15, -0.1) is 0 Å². The van der Waals surface area contributed by atoms with E-state index in [1.807, 2.05) is 4.90 Å². The second kappa shape index (κ2) is 7.76. The van der Waals surface area contributed by atoms with E-state index in [4.69, 9.17) is 16.3 Å². The van der Waals surface area contributed by atoms with E-state index in [1.54, 1.807) is 32.0 Å². The summed E-state index contributed by atoms with van der Waals surface area (Å²) in [5.41, 5.74) is 1.24. The van der Waals surface area contributed by atoms with Gasteiger partial charge in [-0.25, -0.2) is 4.90 Å². The number of nitrogens with zero attached hydrogens (tertiary/aromatic N) is 2. The van der Waals surface area contributed by atoms with Crippen LogP contribution in [0.3, 0.4) is 0 Å². The lowest BCUT2D eigenvalue weighted by atomic mass is 9.96. The Bertz CT molecular complexity index is 736. The second-order valence-electron chi connectivity index (χ2n) is 6.76. The summed E-state index contributed by atoms with van der Waals surface area (Å²) in [5.74, 6) is -0.946. The van der Waals surface area contributed by atoms with Crippen molar-refractivity contribution in [2.45, 2.75) is 39.2 Å². The predicted octanol–water partition coefficient (Wildman–Crippen LogP) is 2.56. The highest BCUT2D eigenvalue weighted by Crippen LogP contribution is 2.33. The topological polar surface area (TPSA) is 66.9 Å². The molecule has 0 spiro atoms. The third kappa shape index (κ3) is 3.48. The number of hydrogen-bond donors (Lipinski definition) is 0. The molecule has 1 aromatic rings. The summed E-state index contributed by atoms with van der Waals surface area (Å²) in [4.78, 5) is 40.8. The first-order chi connectivity index (χ1) is 12.4. The number of halogens is 1. The Labute approximate surface area is 158 Å². The van der Waals surface area contributed by atoms with Gasteiger partial charge in [-0.3, -0.25) is 19.3 Å². The van der Waals surface area contributed by atoms with Gasteiger partial charge in [0.05, 0.1) is 30.7 Å². The lowest BCUT2D eigenvalue weighted by Gasteiger charge is -2.34. The number of imide groups is 1. The highest BCUT2D eigenvalue weighted by Gasteiger charge is 2.45. The molecule has 2 saturated heterocycles. The Morgan fingerprint density at radius 2 is 2.12 bits per heavy atom. The molecule has 0 aromatic heterocycles. The Morgan fingerprint density at radius 1 is 1.35 bits per heavy atom. The Kier molecular flexibility index (Phi) is 5.63. The monoisotopic (exact) mass is 378 g/mol. The van der Waals surface area contributed by atoms with Gasteiger partial charge in [0.15, 0.2) is 0 Å². The van der Waals surface area contributed by atoms with Gasteiger partial charge < -0.3 is 4.74 Å². The standard InChI is InChI=1S/C19H23ClN2O4/c1-3-26-19(25)13-6-5-9-21(11-13)16-10-17(23)22(18(16)24)15-8-4-7-14(20)12(15)2/h4,7-8,13,16H,3,5-6,9-11H2,1-2H3/t13-,16+/m0/s1. The van der Waals surface area contributed by atoms with Crippen molar-refractivity contribution in [2.75, 3.05) is 24.6 Å². The molecule has 140 valence electrons. The van der Waals surface area contributed by atoms with Crippen molar-refractivity contribution in [3.63, 3.8) is 0 Å². The normalized spacial score (nSPS) is 24.2. The van der Waals surface area contributed by atoms with Crippen molar-refractivity contribution in [1.29, 1.82) is 0 Å². The first-order valence-electron chi connectivity index (χ1n) is 8.96. The number of anilines is 1. The number of hydrogen-bond acceptors (Lipinski definition) is 5. The molecule has 0 radical (unpaired) electrons.